The fourth-order valence-corrected chi connectivity index (χ4v) is 1.42. The van der Waals surface area contributed by atoms with Crippen LogP contribution in [0.15, 0.2) is 16.7 Å². The van der Waals surface area contributed by atoms with Crippen molar-refractivity contribution < 1.29 is 9.21 Å². The third-order valence-corrected chi connectivity index (χ3v) is 2.09. The lowest BCUT2D eigenvalue weighted by atomic mass is 9.97. The minimum atomic E-state index is 0.425. The number of carbonyl (C=O) groups is 1. The van der Waals surface area contributed by atoms with Crippen molar-refractivity contribution in [2.45, 2.75) is 32.6 Å². The summed E-state index contributed by atoms with van der Waals surface area (Å²) in [6.07, 6.45) is 4.58. The summed E-state index contributed by atoms with van der Waals surface area (Å²) in [6.45, 7) is 4.25. The van der Waals surface area contributed by atoms with E-state index in [2.05, 4.69) is 13.8 Å². The fraction of sp³-hybridized carbons (Fsp3) is 0.500. The van der Waals surface area contributed by atoms with Crippen molar-refractivity contribution in [1.29, 1.82) is 0 Å². The molecule has 0 saturated carbocycles. The van der Waals surface area contributed by atoms with Crippen molar-refractivity contribution in [3.05, 3.63) is 23.7 Å². The Morgan fingerprint density at radius 3 is 3.00 bits per heavy atom. The maximum atomic E-state index is 10.5. The Labute approximate surface area is 72.6 Å². The number of hydrogen-bond acceptors (Lipinski definition) is 2. The first kappa shape index (κ1) is 9.04. The second kappa shape index (κ2) is 4.10. The van der Waals surface area contributed by atoms with Crippen LogP contribution in [0.2, 0.25) is 0 Å². The molecule has 0 bridgehead atoms. The molecule has 1 heterocycles. The molecule has 1 aromatic rings. The monoisotopic (exact) mass is 166 g/mol. The van der Waals surface area contributed by atoms with Crippen LogP contribution in [0.25, 0.3) is 0 Å². The van der Waals surface area contributed by atoms with E-state index in [0.717, 1.165) is 24.7 Å². The normalized spacial score (nSPS) is 12.8. The van der Waals surface area contributed by atoms with Gasteiger partial charge < -0.3 is 4.42 Å². The first-order chi connectivity index (χ1) is 5.79. The Hall–Kier alpha value is -1.05. The van der Waals surface area contributed by atoms with Gasteiger partial charge in [0.25, 0.3) is 0 Å². The molecule has 2 nitrogen and oxygen atoms in total. The molecule has 0 aliphatic heterocycles. The number of aldehydes is 1. The third kappa shape index (κ3) is 1.76. The van der Waals surface area contributed by atoms with Crippen LogP contribution in [-0.2, 0) is 0 Å². The zero-order valence-electron chi connectivity index (χ0n) is 7.54. The maximum Gasteiger partial charge on any atom is 0.185 e. The maximum absolute atomic E-state index is 10.5. The van der Waals surface area contributed by atoms with Crippen molar-refractivity contribution in [2.75, 3.05) is 0 Å². The van der Waals surface area contributed by atoms with Crippen LogP contribution in [0.4, 0.5) is 0 Å². The Balaban J connectivity index is 2.78. The van der Waals surface area contributed by atoms with Crippen LogP contribution in [0.1, 0.15) is 48.7 Å². The van der Waals surface area contributed by atoms with Gasteiger partial charge in [0.15, 0.2) is 12.0 Å². The second-order valence-corrected chi connectivity index (χ2v) is 3.05. The summed E-state index contributed by atoms with van der Waals surface area (Å²) in [4.78, 5) is 10.5. The molecule has 0 aliphatic carbocycles. The van der Waals surface area contributed by atoms with Crippen LogP contribution < -0.4 is 0 Å². The minimum absolute atomic E-state index is 0.425. The van der Waals surface area contributed by atoms with Crippen molar-refractivity contribution in [2.24, 2.45) is 0 Å². The number of furan rings is 1. The van der Waals surface area contributed by atoms with Gasteiger partial charge in [-0.05, 0) is 18.4 Å². The summed E-state index contributed by atoms with van der Waals surface area (Å²) in [5, 5.41) is 0. The van der Waals surface area contributed by atoms with Gasteiger partial charge >= 0.3 is 0 Å². The molecule has 1 atom stereocenters. The van der Waals surface area contributed by atoms with Gasteiger partial charge in [-0.15, -0.1) is 0 Å². The van der Waals surface area contributed by atoms with Crippen LogP contribution >= 0.6 is 0 Å². The molecule has 1 rings (SSSR count). The summed E-state index contributed by atoms with van der Waals surface area (Å²) in [7, 11) is 0. The van der Waals surface area contributed by atoms with Gasteiger partial charge in [0.05, 0.1) is 6.26 Å². The SMILES string of the molecule is CCCC(C)c1ccoc1C=O. The highest BCUT2D eigenvalue weighted by Crippen LogP contribution is 2.23. The van der Waals surface area contributed by atoms with Crippen LogP contribution in [0.3, 0.4) is 0 Å². The predicted molar refractivity (Wildman–Crippen MR) is 47.4 cm³/mol. The van der Waals surface area contributed by atoms with Crippen molar-refractivity contribution in [3.8, 4) is 0 Å². The highest BCUT2D eigenvalue weighted by Gasteiger charge is 2.11. The molecule has 0 spiro atoms. The summed E-state index contributed by atoms with van der Waals surface area (Å²) in [6, 6.07) is 1.88. The molecule has 1 aromatic heterocycles. The van der Waals surface area contributed by atoms with Gasteiger partial charge in [-0.25, -0.2) is 0 Å². The van der Waals surface area contributed by atoms with E-state index in [1.807, 2.05) is 6.07 Å². The Kier molecular flexibility index (Phi) is 3.09. The van der Waals surface area contributed by atoms with E-state index in [1.54, 1.807) is 6.26 Å². The number of hydrogen-bond donors (Lipinski definition) is 0. The predicted octanol–water partition coefficient (Wildman–Crippen LogP) is 3.00. The van der Waals surface area contributed by atoms with Gasteiger partial charge in [0.1, 0.15) is 0 Å². The van der Waals surface area contributed by atoms with Gasteiger partial charge in [-0.3, -0.25) is 4.79 Å². The lowest BCUT2D eigenvalue weighted by Crippen LogP contribution is -1.94. The van der Waals surface area contributed by atoms with Gasteiger partial charge in [-0.1, -0.05) is 20.3 Å². The first-order valence-electron chi connectivity index (χ1n) is 4.32. The second-order valence-electron chi connectivity index (χ2n) is 3.05. The molecular formula is C10H14O2. The molecule has 0 aromatic carbocycles. The van der Waals surface area contributed by atoms with Crippen LogP contribution in [-0.4, -0.2) is 6.29 Å². The van der Waals surface area contributed by atoms with E-state index >= 15 is 0 Å². The molecule has 1 unspecified atom stereocenters. The summed E-state index contributed by atoms with van der Waals surface area (Å²) in [5.74, 6) is 0.907. The van der Waals surface area contributed by atoms with E-state index in [4.69, 9.17) is 4.42 Å². The largest absolute Gasteiger partial charge is 0.461 e. The topological polar surface area (TPSA) is 30.2 Å². The standard InChI is InChI=1S/C10H14O2/c1-3-4-8(2)9-5-6-12-10(9)7-11/h5-8H,3-4H2,1-2H3. The lowest BCUT2D eigenvalue weighted by Gasteiger charge is -2.06. The number of rotatable bonds is 4. The smallest absolute Gasteiger partial charge is 0.185 e. The average molecular weight is 166 g/mol. The van der Waals surface area contributed by atoms with Crippen molar-refractivity contribution >= 4 is 6.29 Å². The van der Waals surface area contributed by atoms with Crippen LogP contribution in [0, 0.1) is 0 Å². The fourth-order valence-electron chi connectivity index (χ4n) is 1.42. The van der Waals surface area contributed by atoms with Gasteiger partial charge in [0, 0.05) is 5.56 Å². The van der Waals surface area contributed by atoms with Crippen molar-refractivity contribution in [1.82, 2.24) is 0 Å². The minimum Gasteiger partial charge on any atom is -0.461 e. The molecule has 2 heteroatoms. The average Bonchev–Trinajstić information content (AvgIpc) is 2.51. The molecular weight excluding hydrogens is 152 g/mol. The lowest BCUT2D eigenvalue weighted by molar-refractivity contribution is 0.109. The zero-order valence-corrected chi connectivity index (χ0v) is 7.54. The Bertz CT molecular complexity index is 250. The summed E-state index contributed by atoms with van der Waals surface area (Å²) in [5.41, 5.74) is 1.03. The van der Waals surface area contributed by atoms with E-state index in [-0.39, 0.29) is 0 Å². The van der Waals surface area contributed by atoms with E-state index in [1.165, 1.54) is 0 Å². The van der Waals surface area contributed by atoms with E-state index in [9.17, 15) is 4.79 Å². The third-order valence-electron chi connectivity index (χ3n) is 2.09. The molecule has 12 heavy (non-hydrogen) atoms. The van der Waals surface area contributed by atoms with Gasteiger partial charge in [-0.2, -0.15) is 0 Å². The van der Waals surface area contributed by atoms with Crippen molar-refractivity contribution in [3.63, 3.8) is 0 Å². The highest BCUT2D eigenvalue weighted by molar-refractivity contribution is 5.73. The molecule has 0 N–H and O–H groups in total. The summed E-state index contributed by atoms with van der Waals surface area (Å²) < 4.78 is 5.01. The van der Waals surface area contributed by atoms with E-state index in [0.29, 0.717) is 11.7 Å². The quantitative estimate of drug-likeness (QED) is 0.643. The number of carbonyl (C=O) groups excluding carboxylic acids is 1. The molecule has 0 saturated heterocycles. The Morgan fingerprint density at radius 2 is 2.42 bits per heavy atom. The molecule has 0 fully saturated rings. The highest BCUT2D eigenvalue weighted by atomic mass is 16.3. The van der Waals surface area contributed by atoms with Gasteiger partial charge in [0.2, 0.25) is 0 Å². The molecule has 0 radical (unpaired) electrons. The zero-order chi connectivity index (χ0) is 8.97. The molecule has 0 aliphatic rings. The summed E-state index contributed by atoms with van der Waals surface area (Å²) >= 11 is 0. The Morgan fingerprint density at radius 1 is 1.67 bits per heavy atom. The first-order valence-corrected chi connectivity index (χ1v) is 4.32. The molecule has 66 valence electrons. The van der Waals surface area contributed by atoms with E-state index < -0.39 is 0 Å². The van der Waals surface area contributed by atoms with Crippen LogP contribution in [0.5, 0.6) is 0 Å². The molecule has 0 amide bonds.